The molecule has 4 rings (SSSR count). The van der Waals surface area contributed by atoms with Gasteiger partial charge in [0.1, 0.15) is 0 Å². The zero-order valence-corrected chi connectivity index (χ0v) is 18.8. The van der Waals surface area contributed by atoms with Crippen LogP contribution in [0.15, 0.2) is 16.9 Å². The number of nitrogens with one attached hydrogen (secondary N) is 1. The van der Waals surface area contributed by atoms with Gasteiger partial charge in [0, 0.05) is 23.9 Å². The van der Waals surface area contributed by atoms with E-state index in [0.717, 1.165) is 50.8 Å². The molecule has 2 atom stereocenters. The predicted octanol–water partition coefficient (Wildman–Crippen LogP) is 2.46. The van der Waals surface area contributed by atoms with Gasteiger partial charge in [0.15, 0.2) is 0 Å². The van der Waals surface area contributed by atoms with Crippen LogP contribution in [0.25, 0.3) is 0 Å². The lowest BCUT2D eigenvalue weighted by Gasteiger charge is -2.37. The summed E-state index contributed by atoms with van der Waals surface area (Å²) in [5, 5.41) is -0.274. The number of rotatable bonds is 8. The van der Waals surface area contributed by atoms with Crippen LogP contribution in [0.3, 0.4) is 0 Å². The molecule has 0 radical (unpaired) electrons. The average molecular weight is 439 g/mol. The molecule has 0 saturated heterocycles. The van der Waals surface area contributed by atoms with Crippen molar-refractivity contribution in [1.29, 1.82) is 0 Å². The third kappa shape index (κ3) is 4.82. The van der Waals surface area contributed by atoms with E-state index < -0.39 is 10.0 Å². The maximum absolute atomic E-state index is 13.0. The first kappa shape index (κ1) is 22.0. The summed E-state index contributed by atoms with van der Waals surface area (Å²) in [5.74, 6) is 0. The third-order valence-electron chi connectivity index (χ3n) is 6.70. The quantitative estimate of drug-likeness (QED) is 0.674. The summed E-state index contributed by atoms with van der Waals surface area (Å²) >= 11 is 0. The average Bonchev–Trinajstić information content (AvgIpc) is 3.57. The van der Waals surface area contributed by atoms with Gasteiger partial charge in [0.05, 0.1) is 30.1 Å². The first-order valence-corrected chi connectivity index (χ1v) is 12.9. The summed E-state index contributed by atoms with van der Waals surface area (Å²) in [5.41, 5.74) is 1.59. The smallest absolute Gasteiger partial charge is 0.254 e. The lowest BCUT2D eigenvalue weighted by Crippen LogP contribution is -2.50. The van der Waals surface area contributed by atoms with E-state index in [1.807, 2.05) is 19.1 Å². The van der Waals surface area contributed by atoms with E-state index in [4.69, 9.17) is 9.47 Å². The van der Waals surface area contributed by atoms with Gasteiger partial charge in [0.2, 0.25) is 10.0 Å². The lowest BCUT2D eigenvalue weighted by atomic mass is 9.94. The van der Waals surface area contributed by atoms with Gasteiger partial charge in [-0.2, -0.15) is 0 Å². The molecule has 0 aromatic carbocycles. The molecule has 2 unspecified atom stereocenters. The standard InChI is InChI=1S/C22H34N2O5S/c1-3-28-17-7-9-18(10-8-17)29-14-21-20(23-30(26,27)19-11-12-19)13-6-16-5-4-15(2)22(25)24(16)21/h4-5,17-21,23H,3,6-14H2,1-2H3. The van der Waals surface area contributed by atoms with Crippen molar-refractivity contribution < 1.29 is 17.9 Å². The number of aromatic nitrogens is 1. The van der Waals surface area contributed by atoms with E-state index >= 15 is 0 Å². The molecule has 2 aliphatic carbocycles. The van der Waals surface area contributed by atoms with Gasteiger partial charge in [-0.05, 0) is 71.3 Å². The summed E-state index contributed by atoms with van der Waals surface area (Å²) in [6.07, 6.45) is 7.10. The van der Waals surface area contributed by atoms with Crippen molar-refractivity contribution in [3.63, 3.8) is 0 Å². The van der Waals surface area contributed by atoms with E-state index in [-0.39, 0.29) is 29.0 Å². The fourth-order valence-electron chi connectivity index (χ4n) is 4.79. The molecule has 0 bridgehead atoms. The molecule has 30 heavy (non-hydrogen) atoms. The molecule has 1 N–H and O–H groups in total. The van der Waals surface area contributed by atoms with Crippen molar-refractivity contribution in [2.75, 3.05) is 13.2 Å². The zero-order chi connectivity index (χ0) is 21.3. The van der Waals surface area contributed by atoms with Gasteiger partial charge in [-0.15, -0.1) is 0 Å². The number of aryl methyl sites for hydroxylation is 2. The van der Waals surface area contributed by atoms with Crippen molar-refractivity contribution >= 4 is 10.0 Å². The molecule has 0 amide bonds. The molecule has 1 aliphatic heterocycles. The van der Waals surface area contributed by atoms with Gasteiger partial charge < -0.3 is 14.0 Å². The Morgan fingerprint density at radius 2 is 1.70 bits per heavy atom. The first-order valence-electron chi connectivity index (χ1n) is 11.3. The number of fused-ring (bicyclic) bond motifs is 1. The molecule has 1 aromatic rings. The molecule has 8 heteroatoms. The van der Waals surface area contributed by atoms with Crippen molar-refractivity contribution in [3.8, 4) is 0 Å². The topological polar surface area (TPSA) is 86.6 Å². The van der Waals surface area contributed by atoms with Crippen LogP contribution >= 0.6 is 0 Å². The number of hydrogen-bond acceptors (Lipinski definition) is 5. The van der Waals surface area contributed by atoms with Crippen LogP contribution in [0.1, 0.15) is 69.2 Å². The lowest BCUT2D eigenvalue weighted by molar-refractivity contribution is -0.0398. The fourth-order valence-corrected chi connectivity index (χ4v) is 6.43. The van der Waals surface area contributed by atoms with E-state index in [1.54, 1.807) is 11.5 Å². The summed E-state index contributed by atoms with van der Waals surface area (Å²) in [4.78, 5) is 13.0. The SMILES string of the molecule is CCOC1CCC(OCC2C(NS(=O)(=O)C3CC3)CCc3ccc(C)c(=O)n32)CC1. The second-order valence-corrected chi connectivity index (χ2v) is 10.9. The number of sulfonamides is 1. The Balaban J connectivity index is 1.50. The maximum atomic E-state index is 13.0. The normalized spacial score (nSPS) is 29.5. The number of pyridine rings is 1. The molecule has 2 saturated carbocycles. The third-order valence-corrected chi connectivity index (χ3v) is 8.68. The molecule has 168 valence electrons. The van der Waals surface area contributed by atoms with Gasteiger partial charge >= 0.3 is 0 Å². The molecular formula is C22H34N2O5S. The summed E-state index contributed by atoms with van der Waals surface area (Å²) in [6, 6.07) is 3.21. The van der Waals surface area contributed by atoms with Gasteiger partial charge in [-0.1, -0.05) is 6.07 Å². The van der Waals surface area contributed by atoms with Gasteiger partial charge in [0.25, 0.3) is 5.56 Å². The Kier molecular flexibility index (Phi) is 6.67. The van der Waals surface area contributed by atoms with Crippen molar-refractivity contribution in [2.24, 2.45) is 0 Å². The summed E-state index contributed by atoms with van der Waals surface area (Å²) < 4.78 is 41.9. The minimum Gasteiger partial charge on any atom is -0.379 e. The number of hydrogen-bond donors (Lipinski definition) is 1. The minimum absolute atomic E-state index is 0.0449. The summed E-state index contributed by atoms with van der Waals surface area (Å²) in [6.45, 7) is 4.91. The molecule has 3 aliphatic rings. The Labute approximate surface area is 179 Å². The fraction of sp³-hybridized carbons (Fsp3) is 0.773. The highest BCUT2D eigenvalue weighted by atomic mass is 32.2. The Morgan fingerprint density at radius 3 is 2.33 bits per heavy atom. The zero-order valence-electron chi connectivity index (χ0n) is 18.0. The molecule has 1 aromatic heterocycles. The monoisotopic (exact) mass is 438 g/mol. The van der Waals surface area contributed by atoms with Crippen LogP contribution in [0.4, 0.5) is 0 Å². The van der Waals surface area contributed by atoms with Crippen LogP contribution < -0.4 is 10.3 Å². The van der Waals surface area contributed by atoms with E-state index in [9.17, 15) is 13.2 Å². The minimum atomic E-state index is -3.34. The van der Waals surface area contributed by atoms with Crippen molar-refractivity contribution in [3.05, 3.63) is 33.7 Å². The van der Waals surface area contributed by atoms with E-state index in [0.29, 0.717) is 31.1 Å². The van der Waals surface area contributed by atoms with Crippen LogP contribution in [-0.2, 0) is 25.9 Å². The highest BCUT2D eigenvalue weighted by Gasteiger charge is 2.40. The second-order valence-electron chi connectivity index (χ2n) is 8.94. The van der Waals surface area contributed by atoms with E-state index in [1.165, 1.54) is 0 Å². The van der Waals surface area contributed by atoms with E-state index in [2.05, 4.69) is 4.72 Å². The van der Waals surface area contributed by atoms with Crippen LogP contribution in [0.2, 0.25) is 0 Å². The number of nitrogens with zero attached hydrogens (tertiary/aromatic N) is 1. The Morgan fingerprint density at radius 1 is 1.03 bits per heavy atom. The van der Waals surface area contributed by atoms with Crippen LogP contribution in [0.5, 0.6) is 0 Å². The highest BCUT2D eigenvalue weighted by molar-refractivity contribution is 7.90. The van der Waals surface area contributed by atoms with Crippen molar-refractivity contribution in [2.45, 2.75) is 94.8 Å². The molecular weight excluding hydrogens is 404 g/mol. The molecule has 7 nitrogen and oxygen atoms in total. The summed E-state index contributed by atoms with van der Waals surface area (Å²) in [7, 11) is -3.34. The van der Waals surface area contributed by atoms with Crippen LogP contribution in [0, 0.1) is 6.92 Å². The predicted molar refractivity (Wildman–Crippen MR) is 115 cm³/mol. The van der Waals surface area contributed by atoms with Gasteiger partial charge in [-0.3, -0.25) is 4.79 Å². The Bertz CT molecular complexity index is 901. The Hall–Kier alpha value is -1.22. The van der Waals surface area contributed by atoms with Crippen molar-refractivity contribution in [1.82, 2.24) is 9.29 Å². The number of ether oxygens (including phenoxy) is 2. The van der Waals surface area contributed by atoms with Gasteiger partial charge in [-0.25, -0.2) is 13.1 Å². The largest absolute Gasteiger partial charge is 0.379 e. The molecule has 0 spiro atoms. The van der Waals surface area contributed by atoms with Crippen LogP contribution in [-0.4, -0.2) is 49.7 Å². The first-order chi connectivity index (χ1) is 14.4. The highest BCUT2D eigenvalue weighted by Crippen LogP contribution is 2.32. The molecule has 2 fully saturated rings. The molecule has 2 heterocycles. The maximum Gasteiger partial charge on any atom is 0.254 e. The second kappa shape index (κ2) is 9.10.